The number of carbonyl (C=O) groups is 1. The third kappa shape index (κ3) is 7.50. The summed E-state index contributed by atoms with van der Waals surface area (Å²) < 4.78 is 5.10. The van der Waals surface area contributed by atoms with Gasteiger partial charge in [0.1, 0.15) is 6.61 Å². The quantitative estimate of drug-likeness (QED) is 0.546. The monoisotopic (exact) mass is 174 g/mol. The molecule has 0 atom stereocenters. The molecule has 0 rings (SSSR count). The minimum absolute atomic E-state index is 0.0565. The highest BCUT2D eigenvalue weighted by Crippen LogP contribution is 1.85. The van der Waals surface area contributed by atoms with E-state index in [0.29, 0.717) is 6.54 Å². The second-order valence-electron chi connectivity index (χ2n) is 2.81. The highest BCUT2D eigenvalue weighted by Gasteiger charge is 2.00. The number of ether oxygens (including phenoxy) is 1. The molecule has 0 bridgehead atoms. The second kappa shape index (κ2) is 7.06. The molecule has 0 fully saturated rings. The zero-order valence-corrected chi connectivity index (χ0v) is 8.02. The Morgan fingerprint density at radius 3 is 2.58 bits per heavy atom. The minimum Gasteiger partial charge on any atom is -0.369 e. The normalized spacial score (nSPS) is 10.3. The summed E-state index contributed by atoms with van der Waals surface area (Å²) in [5.41, 5.74) is 0. The van der Waals surface area contributed by atoms with Crippen LogP contribution in [0, 0.1) is 0 Å². The van der Waals surface area contributed by atoms with E-state index in [1.807, 2.05) is 20.9 Å². The fourth-order valence-electron chi connectivity index (χ4n) is 0.620. The van der Waals surface area contributed by atoms with Crippen molar-refractivity contribution in [3.63, 3.8) is 0 Å². The summed E-state index contributed by atoms with van der Waals surface area (Å²) in [5, 5.41) is 5.64. The van der Waals surface area contributed by atoms with Crippen LogP contribution in [0.4, 0.5) is 0 Å². The Hall–Kier alpha value is -0.610. The maximum absolute atomic E-state index is 11.0. The van der Waals surface area contributed by atoms with Gasteiger partial charge in [0.25, 0.3) is 0 Å². The summed E-state index contributed by atoms with van der Waals surface area (Å²) in [6.07, 6.45) is 0.111. The van der Waals surface area contributed by atoms with Gasteiger partial charge in [0, 0.05) is 13.1 Å². The van der Waals surface area contributed by atoms with Crippen LogP contribution in [-0.4, -0.2) is 38.8 Å². The van der Waals surface area contributed by atoms with Crippen LogP contribution in [0.5, 0.6) is 0 Å². The molecule has 0 saturated carbocycles. The Labute approximate surface area is 73.7 Å². The van der Waals surface area contributed by atoms with Gasteiger partial charge in [-0.15, -0.1) is 0 Å². The topological polar surface area (TPSA) is 50.4 Å². The summed E-state index contributed by atoms with van der Waals surface area (Å²) >= 11 is 0. The molecule has 0 saturated heterocycles. The van der Waals surface area contributed by atoms with Crippen LogP contribution in [0.15, 0.2) is 0 Å². The third-order valence-electron chi connectivity index (χ3n) is 1.24. The van der Waals surface area contributed by atoms with E-state index in [1.54, 1.807) is 0 Å². The van der Waals surface area contributed by atoms with E-state index in [2.05, 4.69) is 10.6 Å². The first-order chi connectivity index (χ1) is 5.66. The molecule has 0 radical (unpaired) electrons. The first-order valence-corrected chi connectivity index (χ1v) is 4.19. The number of amides is 1. The molecule has 0 aromatic rings. The first kappa shape index (κ1) is 11.4. The largest absolute Gasteiger partial charge is 0.369 e. The fraction of sp³-hybridized carbons (Fsp3) is 0.875. The van der Waals surface area contributed by atoms with Gasteiger partial charge in [0.15, 0.2) is 0 Å². The van der Waals surface area contributed by atoms with E-state index < -0.39 is 0 Å². The van der Waals surface area contributed by atoms with Gasteiger partial charge in [0.2, 0.25) is 5.91 Å². The second-order valence-corrected chi connectivity index (χ2v) is 2.81. The zero-order chi connectivity index (χ0) is 9.40. The van der Waals surface area contributed by atoms with Gasteiger partial charge in [-0.2, -0.15) is 0 Å². The van der Waals surface area contributed by atoms with Crippen molar-refractivity contribution >= 4 is 5.91 Å². The zero-order valence-electron chi connectivity index (χ0n) is 8.02. The molecule has 0 aliphatic carbocycles. The summed E-state index contributed by atoms with van der Waals surface area (Å²) in [7, 11) is 1.84. The number of rotatable bonds is 6. The van der Waals surface area contributed by atoms with Crippen molar-refractivity contribution < 1.29 is 9.53 Å². The number of hydrogen-bond acceptors (Lipinski definition) is 3. The van der Waals surface area contributed by atoms with Crippen molar-refractivity contribution in [1.82, 2.24) is 10.6 Å². The molecule has 4 heteroatoms. The van der Waals surface area contributed by atoms with Gasteiger partial charge in [-0.3, -0.25) is 4.79 Å². The molecule has 0 unspecified atom stereocenters. The highest BCUT2D eigenvalue weighted by molar-refractivity contribution is 5.77. The predicted octanol–water partition coefficient (Wildman–Crippen LogP) is -0.253. The number of hydrogen-bond donors (Lipinski definition) is 2. The summed E-state index contributed by atoms with van der Waals surface area (Å²) in [6, 6.07) is 0. The van der Waals surface area contributed by atoms with E-state index in [4.69, 9.17) is 4.74 Å². The number of nitrogens with one attached hydrogen (secondary N) is 2. The standard InChI is InChI=1S/C8H18N2O2/c1-7(2)12-6-8(11)10-5-4-9-3/h7,9H,4-6H2,1-3H3,(H,10,11). The minimum atomic E-state index is -0.0565. The lowest BCUT2D eigenvalue weighted by molar-refractivity contribution is -0.127. The molecule has 12 heavy (non-hydrogen) atoms. The van der Waals surface area contributed by atoms with Gasteiger partial charge in [-0.25, -0.2) is 0 Å². The van der Waals surface area contributed by atoms with E-state index >= 15 is 0 Å². The molecule has 0 aliphatic rings. The molecule has 0 heterocycles. The average molecular weight is 174 g/mol. The lowest BCUT2D eigenvalue weighted by atomic mass is 10.5. The highest BCUT2D eigenvalue weighted by atomic mass is 16.5. The molecular formula is C8H18N2O2. The predicted molar refractivity (Wildman–Crippen MR) is 48.0 cm³/mol. The first-order valence-electron chi connectivity index (χ1n) is 4.19. The van der Waals surface area contributed by atoms with Crippen LogP contribution in [0.2, 0.25) is 0 Å². The van der Waals surface area contributed by atoms with Crippen LogP contribution in [0.3, 0.4) is 0 Å². The molecule has 0 aromatic carbocycles. The summed E-state index contributed by atoms with van der Waals surface area (Å²) in [5.74, 6) is -0.0565. The van der Waals surface area contributed by atoms with E-state index in [-0.39, 0.29) is 18.6 Å². The van der Waals surface area contributed by atoms with E-state index in [9.17, 15) is 4.79 Å². The van der Waals surface area contributed by atoms with Crippen molar-refractivity contribution in [3.05, 3.63) is 0 Å². The molecule has 1 amide bonds. The van der Waals surface area contributed by atoms with Gasteiger partial charge in [-0.05, 0) is 20.9 Å². The molecule has 72 valence electrons. The molecule has 4 nitrogen and oxygen atoms in total. The van der Waals surface area contributed by atoms with Gasteiger partial charge < -0.3 is 15.4 Å². The van der Waals surface area contributed by atoms with Crippen LogP contribution in [0.1, 0.15) is 13.8 Å². The van der Waals surface area contributed by atoms with Crippen molar-refractivity contribution in [2.24, 2.45) is 0 Å². The molecule has 2 N–H and O–H groups in total. The molecule has 0 spiro atoms. The Balaban J connectivity index is 3.22. The lowest BCUT2D eigenvalue weighted by Gasteiger charge is -2.07. The fourth-order valence-corrected chi connectivity index (χ4v) is 0.620. The Morgan fingerprint density at radius 2 is 2.08 bits per heavy atom. The van der Waals surface area contributed by atoms with Gasteiger partial charge in [-0.1, -0.05) is 0 Å². The lowest BCUT2D eigenvalue weighted by Crippen LogP contribution is -2.33. The van der Waals surface area contributed by atoms with Crippen molar-refractivity contribution in [2.45, 2.75) is 20.0 Å². The third-order valence-corrected chi connectivity index (χ3v) is 1.24. The number of carbonyl (C=O) groups excluding carboxylic acids is 1. The van der Waals surface area contributed by atoms with E-state index in [1.165, 1.54) is 0 Å². The summed E-state index contributed by atoms with van der Waals surface area (Å²) in [6.45, 7) is 5.40. The van der Waals surface area contributed by atoms with Gasteiger partial charge >= 0.3 is 0 Å². The van der Waals surface area contributed by atoms with Crippen molar-refractivity contribution in [3.8, 4) is 0 Å². The van der Waals surface area contributed by atoms with Crippen LogP contribution in [-0.2, 0) is 9.53 Å². The smallest absolute Gasteiger partial charge is 0.246 e. The maximum atomic E-state index is 11.0. The Bertz CT molecular complexity index is 126. The molecule has 0 aromatic heterocycles. The number of likely N-dealkylation sites (N-methyl/N-ethyl adjacent to an activating group) is 1. The molecular weight excluding hydrogens is 156 g/mol. The van der Waals surface area contributed by atoms with Crippen LogP contribution >= 0.6 is 0 Å². The maximum Gasteiger partial charge on any atom is 0.246 e. The van der Waals surface area contributed by atoms with Crippen molar-refractivity contribution in [2.75, 3.05) is 26.7 Å². The Kier molecular flexibility index (Phi) is 6.70. The average Bonchev–Trinajstić information content (AvgIpc) is 2.01. The van der Waals surface area contributed by atoms with Crippen molar-refractivity contribution in [1.29, 1.82) is 0 Å². The molecule has 0 aliphatic heterocycles. The van der Waals surface area contributed by atoms with Gasteiger partial charge in [0.05, 0.1) is 6.10 Å². The van der Waals surface area contributed by atoms with Crippen LogP contribution in [0.25, 0.3) is 0 Å². The van der Waals surface area contributed by atoms with Crippen LogP contribution < -0.4 is 10.6 Å². The van der Waals surface area contributed by atoms with E-state index in [0.717, 1.165) is 6.54 Å². The summed E-state index contributed by atoms with van der Waals surface area (Å²) in [4.78, 5) is 11.0. The SMILES string of the molecule is CNCCNC(=O)COC(C)C. The Morgan fingerprint density at radius 1 is 1.42 bits per heavy atom.